The predicted octanol–water partition coefficient (Wildman–Crippen LogP) is 2.08. The monoisotopic (exact) mass is 272 g/mol. The molecule has 3 rings (SSSR count). The first-order valence-corrected chi connectivity index (χ1v) is 7.71. The van der Waals surface area contributed by atoms with Crippen molar-refractivity contribution in [1.29, 1.82) is 0 Å². The zero-order valence-electron chi connectivity index (χ0n) is 12.3. The Morgan fingerprint density at radius 3 is 2.70 bits per heavy atom. The lowest BCUT2D eigenvalue weighted by molar-refractivity contribution is -0.132. The van der Waals surface area contributed by atoms with E-state index in [-0.39, 0.29) is 0 Å². The molecule has 1 heterocycles. The fourth-order valence-electron chi connectivity index (χ4n) is 3.49. The third kappa shape index (κ3) is 2.73. The molecule has 3 nitrogen and oxygen atoms in total. The largest absolute Gasteiger partial charge is 0.345 e. The first-order chi connectivity index (χ1) is 9.71. The summed E-state index contributed by atoms with van der Waals surface area (Å²) in [7, 11) is 1.96. The number of nitrogens with one attached hydrogen (secondary N) is 1. The second-order valence-corrected chi connectivity index (χ2v) is 6.36. The quantitative estimate of drug-likeness (QED) is 0.910. The van der Waals surface area contributed by atoms with Gasteiger partial charge in [-0.3, -0.25) is 4.79 Å². The average molecular weight is 272 g/mol. The molecule has 108 valence electrons. The molecule has 0 bridgehead atoms. The van der Waals surface area contributed by atoms with E-state index in [1.807, 2.05) is 18.0 Å². The van der Waals surface area contributed by atoms with Crippen LogP contribution in [0.15, 0.2) is 30.3 Å². The second kappa shape index (κ2) is 5.57. The van der Waals surface area contributed by atoms with E-state index >= 15 is 0 Å². The molecule has 1 N–H and O–H groups in total. The molecule has 1 aromatic rings. The van der Waals surface area contributed by atoms with Gasteiger partial charge in [0.15, 0.2) is 0 Å². The van der Waals surface area contributed by atoms with Gasteiger partial charge in [0, 0.05) is 19.5 Å². The average Bonchev–Trinajstić information content (AvgIpc) is 3.19. The molecule has 1 aromatic carbocycles. The van der Waals surface area contributed by atoms with E-state index in [0.29, 0.717) is 17.2 Å². The van der Waals surface area contributed by atoms with Crippen molar-refractivity contribution in [2.75, 3.05) is 26.7 Å². The minimum Gasteiger partial charge on any atom is -0.345 e. The first kappa shape index (κ1) is 13.6. The number of hydrogen-bond donors (Lipinski definition) is 1. The number of benzene rings is 1. The Hall–Kier alpha value is -1.35. The van der Waals surface area contributed by atoms with E-state index in [2.05, 4.69) is 29.6 Å². The number of carbonyl (C=O) groups is 1. The lowest BCUT2D eigenvalue weighted by atomic mass is 9.91. The maximum atomic E-state index is 12.5. The standard InChI is InChI=1S/C17H24N2O/c1-19(12-7-14-5-3-2-4-6-14)16(20)15-13-17(15)8-10-18-11-9-17/h2-6,15,18H,7-13H2,1H3. The Morgan fingerprint density at radius 2 is 2.00 bits per heavy atom. The van der Waals surface area contributed by atoms with Crippen molar-refractivity contribution in [2.45, 2.75) is 25.7 Å². The number of hydrogen-bond acceptors (Lipinski definition) is 2. The molecule has 2 aliphatic rings. The third-order valence-electron chi connectivity index (χ3n) is 5.04. The lowest BCUT2D eigenvalue weighted by Crippen LogP contribution is -2.35. The Balaban J connectivity index is 1.50. The molecule has 1 spiro atoms. The number of nitrogens with zero attached hydrogens (tertiary/aromatic N) is 1. The van der Waals surface area contributed by atoms with Gasteiger partial charge in [-0.1, -0.05) is 30.3 Å². The Kier molecular flexibility index (Phi) is 3.79. The highest BCUT2D eigenvalue weighted by molar-refractivity contribution is 5.82. The van der Waals surface area contributed by atoms with Crippen LogP contribution in [0.2, 0.25) is 0 Å². The van der Waals surface area contributed by atoms with Gasteiger partial charge in [0.05, 0.1) is 0 Å². The molecule has 1 saturated heterocycles. The van der Waals surface area contributed by atoms with Gasteiger partial charge in [-0.2, -0.15) is 0 Å². The van der Waals surface area contributed by atoms with Crippen LogP contribution < -0.4 is 5.32 Å². The SMILES string of the molecule is CN(CCc1ccccc1)C(=O)C1CC12CCNCC2. The van der Waals surface area contributed by atoms with Crippen molar-refractivity contribution in [3.05, 3.63) is 35.9 Å². The van der Waals surface area contributed by atoms with Crippen molar-refractivity contribution < 1.29 is 4.79 Å². The van der Waals surface area contributed by atoms with Crippen LogP contribution >= 0.6 is 0 Å². The van der Waals surface area contributed by atoms with Crippen LogP contribution in [0.1, 0.15) is 24.8 Å². The smallest absolute Gasteiger partial charge is 0.226 e. The highest BCUT2D eigenvalue weighted by Gasteiger charge is 2.58. The summed E-state index contributed by atoms with van der Waals surface area (Å²) in [6, 6.07) is 10.4. The number of carbonyl (C=O) groups excluding carboxylic acids is 1. The van der Waals surface area contributed by atoms with Crippen LogP contribution in [0, 0.1) is 11.3 Å². The first-order valence-electron chi connectivity index (χ1n) is 7.71. The molecule has 1 aliphatic heterocycles. The van der Waals surface area contributed by atoms with Crippen LogP contribution in [0.25, 0.3) is 0 Å². The molecule has 1 aliphatic carbocycles. The second-order valence-electron chi connectivity index (χ2n) is 6.36. The van der Waals surface area contributed by atoms with Gasteiger partial charge in [0.25, 0.3) is 0 Å². The van der Waals surface area contributed by atoms with Gasteiger partial charge >= 0.3 is 0 Å². The van der Waals surface area contributed by atoms with Crippen molar-refractivity contribution >= 4 is 5.91 Å². The molecule has 0 aromatic heterocycles. The van der Waals surface area contributed by atoms with Crippen LogP contribution in [-0.2, 0) is 11.2 Å². The van der Waals surface area contributed by atoms with Crippen LogP contribution in [-0.4, -0.2) is 37.5 Å². The minimum absolute atomic E-state index is 0.297. The summed E-state index contributed by atoms with van der Waals surface area (Å²) >= 11 is 0. The number of amides is 1. The van der Waals surface area contributed by atoms with E-state index in [1.165, 1.54) is 18.4 Å². The maximum Gasteiger partial charge on any atom is 0.226 e. The molecule has 1 unspecified atom stereocenters. The van der Waals surface area contributed by atoms with Crippen molar-refractivity contribution in [2.24, 2.45) is 11.3 Å². The number of rotatable bonds is 4. The molecule has 3 heteroatoms. The summed E-state index contributed by atoms with van der Waals surface area (Å²) in [6.45, 7) is 2.99. The molecular weight excluding hydrogens is 248 g/mol. The van der Waals surface area contributed by atoms with Crippen molar-refractivity contribution in [3.63, 3.8) is 0 Å². The van der Waals surface area contributed by atoms with Gasteiger partial charge in [0.2, 0.25) is 5.91 Å². The van der Waals surface area contributed by atoms with Crippen molar-refractivity contribution in [1.82, 2.24) is 10.2 Å². The number of likely N-dealkylation sites (N-methyl/N-ethyl adjacent to an activating group) is 1. The summed E-state index contributed by atoms with van der Waals surface area (Å²) in [4.78, 5) is 14.4. The van der Waals surface area contributed by atoms with Gasteiger partial charge in [0.1, 0.15) is 0 Å². The Labute approximate surface area is 121 Å². The third-order valence-corrected chi connectivity index (χ3v) is 5.04. The van der Waals surface area contributed by atoms with Gasteiger partial charge in [-0.05, 0) is 49.8 Å². The highest BCUT2D eigenvalue weighted by atomic mass is 16.2. The van der Waals surface area contributed by atoms with Gasteiger partial charge in [-0.15, -0.1) is 0 Å². The summed E-state index contributed by atoms with van der Waals surface area (Å²) in [5.41, 5.74) is 1.66. The summed E-state index contributed by atoms with van der Waals surface area (Å²) in [6.07, 6.45) is 4.42. The summed E-state index contributed by atoms with van der Waals surface area (Å²) < 4.78 is 0. The molecule has 0 radical (unpaired) electrons. The molecule has 2 fully saturated rings. The minimum atomic E-state index is 0.297. The Morgan fingerprint density at radius 1 is 1.30 bits per heavy atom. The van der Waals surface area contributed by atoms with Gasteiger partial charge in [-0.25, -0.2) is 0 Å². The van der Waals surface area contributed by atoms with Crippen LogP contribution in [0.4, 0.5) is 0 Å². The summed E-state index contributed by atoms with van der Waals surface area (Å²) in [5, 5.41) is 3.39. The summed E-state index contributed by atoms with van der Waals surface area (Å²) in [5.74, 6) is 0.660. The van der Waals surface area contributed by atoms with E-state index in [4.69, 9.17) is 0 Å². The van der Waals surface area contributed by atoms with E-state index in [9.17, 15) is 4.79 Å². The zero-order chi connectivity index (χ0) is 14.0. The van der Waals surface area contributed by atoms with Gasteiger partial charge < -0.3 is 10.2 Å². The molecule has 1 amide bonds. The van der Waals surface area contributed by atoms with E-state index < -0.39 is 0 Å². The van der Waals surface area contributed by atoms with Crippen LogP contribution in [0.3, 0.4) is 0 Å². The fourth-order valence-corrected chi connectivity index (χ4v) is 3.49. The normalized spacial score (nSPS) is 23.6. The molecular formula is C17H24N2O. The maximum absolute atomic E-state index is 12.5. The topological polar surface area (TPSA) is 32.3 Å². The van der Waals surface area contributed by atoms with E-state index in [1.54, 1.807) is 0 Å². The van der Waals surface area contributed by atoms with Crippen LogP contribution in [0.5, 0.6) is 0 Å². The highest BCUT2D eigenvalue weighted by Crippen LogP contribution is 2.59. The zero-order valence-corrected chi connectivity index (χ0v) is 12.3. The van der Waals surface area contributed by atoms with E-state index in [0.717, 1.165) is 32.5 Å². The number of piperidine rings is 1. The fraction of sp³-hybridized carbons (Fsp3) is 0.588. The molecule has 1 atom stereocenters. The predicted molar refractivity (Wildman–Crippen MR) is 80.4 cm³/mol. The Bertz CT molecular complexity index is 465. The lowest BCUT2D eigenvalue weighted by Gasteiger charge is -2.25. The molecule has 20 heavy (non-hydrogen) atoms. The molecule has 1 saturated carbocycles. The van der Waals surface area contributed by atoms with Crippen molar-refractivity contribution in [3.8, 4) is 0 Å².